The summed E-state index contributed by atoms with van der Waals surface area (Å²) in [6, 6.07) is 4.15. The van der Waals surface area contributed by atoms with E-state index in [4.69, 9.17) is 16.7 Å². The van der Waals surface area contributed by atoms with Gasteiger partial charge in [-0.3, -0.25) is 4.98 Å². The number of nitrogens with zero attached hydrogens (tertiary/aromatic N) is 3. The number of nitrogens with one attached hydrogen (secondary N) is 1. The highest BCUT2D eigenvalue weighted by Crippen LogP contribution is 2.23. The third-order valence-electron chi connectivity index (χ3n) is 3.90. The molecule has 126 valence electrons. The number of benzene rings is 1. The molecule has 2 aromatic rings. The molecule has 0 radical (unpaired) electrons. The fourth-order valence-electron chi connectivity index (χ4n) is 2.76. The van der Waals surface area contributed by atoms with Gasteiger partial charge in [-0.15, -0.1) is 0 Å². The number of H-pyrrole nitrogens is 1. The smallest absolute Gasteiger partial charge is 0.352 e. The summed E-state index contributed by atoms with van der Waals surface area (Å²) >= 11 is 5.99. The van der Waals surface area contributed by atoms with Gasteiger partial charge in [0, 0.05) is 13.1 Å². The van der Waals surface area contributed by atoms with Gasteiger partial charge in [0.2, 0.25) is 5.95 Å². The molecule has 2 N–H and O–H groups in total. The average molecular weight is 351 g/mol. The second-order valence-electron chi connectivity index (χ2n) is 5.50. The van der Waals surface area contributed by atoms with Gasteiger partial charge in [0.05, 0.1) is 16.3 Å². The Hall–Kier alpha value is -2.61. The number of hydrogen-bond acceptors (Lipinski definition) is 5. The van der Waals surface area contributed by atoms with Gasteiger partial charge in [-0.1, -0.05) is 11.6 Å². The van der Waals surface area contributed by atoms with Crippen molar-refractivity contribution in [2.45, 2.75) is 19.3 Å². The summed E-state index contributed by atoms with van der Waals surface area (Å²) in [5.74, 6) is -0.919. The first-order valence-corrected chi connectivity index (χ1v) is 7.87. The van der Waals surface area contributed by atoms with E-state index < -0.39 is 17.3 Å². The Morgan fingerprint density at radius 1 is 1.21 bits per heavy atom. The van der Waals surface area contributed by atoms with Crippen molar-refractivity contribution in [3.05, 3.63) is 49.8 Å². The lowest BCUT2D eigenvalue weighted by molar-refractivity contribution is 0.0697. The van der Waals surface area contributed by atoms with Crippen LogP contribution in [0.4, 0.5) is 5.95 Å². The summed E-state index contributed by atoms with van der Waals surface area (Å²) in [5.41, 5.74) is -1.08. The molecule has 2 heterocycles. The fourth-order valence-corrected chi connectivity index (χ4v) is 3.02. The number of aromatic amines is 1. The minimum Gasteiger partial charge on any atom is -0.478 e. The van der Waals surface area contributed by atoms with E-state index in [1.54, 1.807) is 0 Å². The topological polar surface area (TPSA) is 108 Å². The number of halogens is 1. The van der Waals surface area contributed by atoms with Crippen LogP contribution in [-0.4, -0.2) is 38.7 Å². The fraction of sp³-hybridized carbons (Fsp3) is 0.333. The van der Waals surface area contributed by atoms with E-state index in [9.17, 15) is 14.4 Å². The summed E-state index contributed by atoms with van der Waals surface area (Å²) < 4.78 is 1.24. The first-order valence-electron chi connectivity index (χ1n) is 7.49. The van der Waals surface area contributed by atoms with Crippen LogP contribution in [0.2, 0.25) is 5.02 Å². The third-order valence-corrected chi connectivity index (χ3v) is 4.21. The molecule has 1 aromatic carbocycles. The number of anilines is 1. The van der Waals surface area contributed by atoms with Gasteiger partial charge < -0.3 is 10.0 Å². The van der Waals surface area contributed by atoms with E-state index >= 15 is 0 Å². The van der Waals surface area contributed by atoms with E-state index in [1.165, 1.54) is 22.8 Å². The van der Waals surface area contributed by atoms with Crippen molar-refractivity contribution in [3.8, 4) is 5.69 Å². The SMILES string of the molecule is O=C(O)c1ccc(-n2c(N3CCCCC3)nc(=O)[nH]c2=O)cc1Cl. The van der Waals surface area contributed by atoms with Crippen LogP contribution in [0.25, 0.3) is 5.69 Å². The Balaban J connectivity index is 2.16. The summed E-state index contributed by atoms with van der Waals surface area (Å²) in [7, 11) is 0. The van der Waals surface area contributed by atoms with Crippen LogP contribution in [0.15, 0.2) is 27.8 Å². The second kappa shape index (κ2) is 6.48. The van der Waals surface area contributed by atoms with E-state index in [0.29, 0.717) is 18.8 Å². The summed E-state index contributed by atoms with van der Waals surface area (Å²) in [6.45, 7) is 1.38. The quantitative estimate of drug-likeness (QED) is 0.862. The highest BCUT2D eigenvalue weighted by atomic mass is 35.5. The van der Waals surface area contributed by atoms with E-state index in [0.717, 1.165) is 19.3 Å². The number of hydrogen-bond donors (Lipinski definition) is 2. The van der Waals surface area contributed by atoms with Crippen LogP contribution in [0.3, 0.4) is 0 Å². The molecule has 3 rings (SSSR count). The molecule has 0 spiro atoms. The van der Waals surface area contributed by atoms with Gasteiger partial charge in [-0.2, -0.15) is 4.98 Å². The normalized spacial score (nSPS) is 14.6. The maximum Gasteiger partial charge on any atom is 0.352 e. The van der Waals surface area contributed by atoms with Gasteiger partial charge in [-0.25, -0.2) is 19.0 Å². The van der Waals surface area contributed by atoms with Crippen LogP contribution in [0.1, 0.15) is 29.6 Å². The van der Waals surface area contributed by atoms with Crippen molar-refractivity contribution in [1.29, 1.82) is 0 Å². The molecule has 24 heavy (non-hydrogen) atoms. The van der Waals surface area contributed by atoms with Crippen LogP contribution >= 0.6 is 11.6 Å². The van der Waals surface area contributed by atoms with E-state index in [-0.39, 0.29) is 16.5 Å². The predicted octanol–water partition coefficient (Wildman–Crippen LogP) is 1.26. The monoisotopic (exact) mass is 350 g/mol. The number of carboxylic acids is 1. The summed E-state index contributed by atoms with van der Waals surface area (Å²) in [4.78, 5) is 43.0. The molecule has 0 aliphatic carbocycles. The van der Waals surface area contributed by atoms with Gasteiger partial charge in [0.1, 0.15) is 0 Å². The molecule has 0 bridgehead atoms. The number of aromatic nitrogens is 3. The standard InChI is InChI=1S/C15H15ClN4O4/c16-11-8-9(4-5-10(11)12(21)22)20-14(17-13(23)18-15(20)24)19-6-2-1-3-7-19/h4-5,8H,1-3,6-7H2,(H,21,22)(H,18,23,24). The predicted molar refractivity (Wildman–Crippen MR) is 88.5 cm³/mol. The molecular weight excluding hydrogens is 336 g/mol. The zero-order valence-corrected chi connectivity index (χ0v) is 13.4. The molecule has 1 aliphatic heterocycles. The molecule has 0 saturated carbocycles. The van der Waals surface area contributed by atoms with Crippen molar-refractivity contribution in [1.82, 2.24) is 14.5 Å². The molecule has 8 nitrogen and oxygen atoms in total. The van der Waals surface area contributed by atoms with Crippen molar-refractivity contribution in [2.24, 2.45) is 0 Å². The highest BCUT2D eigenvalue weighted by Gasteiger charge is 2.20. The summed E-state index contributed by atoms with van der Waals surface area (Å²) in [6.07, 6.45) is 2.98. The molecular formula is C15H15ClN4O4. The molecule has 1 saturated heterocycles. The van der Waals surface area contributed by atoms with Gasteiger partial charge in [0.15, 0.2) is 0 Å². The van der Waals surface area contributed by atoms with Gasteiger partial charge >= 0.3 is 17.3 Å². The van der Waals surface area contributed by atoms with Crippen molar-refractivity contribution in [2.75, 3.05) is 18.0 Å². The second-order valence-corrected chi connectivity index (χ2v) is 5.91. The van der Waals surface area contributed by atoms with Crippen LogP contribution in [-0.2, 0) is 0 Å². The third kappa shape index (κ3) is 3.05. The average Bonchev–Trinajstić information content (AvgIpc) is 2.54. The van der Waals surface area contributed by atoms with Crippen LogP contribution in [0, 0.1) is 0 Å². The van der Waals surface area contributed by atoms with Crippen LogP contribution < -0.4 is 16.3 Å². The number of piperidine rings is 1. The molecule has 1 aliphatic rings. The Morgan fingerprint density at radius 3 is 2.54 bits per heavy atom. The lowest BCUT2D eigenvalue weighted by Crippen LogP contribution is -2.40. The maximum atomic E-state index is 12.3. The Kier molecular flexibility index (Phi) is 4.39. The largest absolute Gasteiger partial charge is 0.478 e. The van der Waals surface area contributed by atoms with E-state index in [2.05, 4.69) is 9.97 Å². The Labute approximate surface area is 141 Å². The lowest BCUT2D eigenvalue weighted by Gasteiger charge is -2.29. The molecule has 1 aromatic heterocycles. The minimum atomic E-state index is -1.16. The maximum absolute atomic E-state index is 12.3. The molecule has 9 heteroatoms. The molecule has 0 amide bonds. The summed E-state index contributed by atoms with van der Waals surface area (Å²) in [5, 5.41) is 9.06. The first-order chi connectivity index (χ1) is 11.5. The minimum absolute atomic E-state index is 0.00249. The van der Waals surface area contributed by atoms with Crippen LogP contribution in [0.5, 0.6) is 0 Å². The Bertz CT molecular complexity index is 899. The zero-order chi connectivity index (χ0) is 17.3. The zero-order valence-electron chi connectivity index (χ0n) is 12.7. The highest BCUT2D eigenvalue weighted by molar-refractivity contribution is 6.33. The van der Waals surface area contributed by atoms with Crippen molar-refractivity contribution >= 4 is 23.5 Å². The number of carboxylic acid groups (broad SMARTS) is 1. The van der Waals surface area contributed by atoms with Gasteiger partial charge in [-0.05, 0) is 37.5 Å². The first kappa shape index (κ1) is 16.3. The van der Waals surface area contributed by atoms with Gasteiger partial charge in [0.25, 0.3) is 0 Å². The molecule has 0 unspecified atom stereocenters. The van der Waals surface area contributed by atoms with E-state index in [1.807, 2.05) is 4.90 Å². The molecule has 1 fully saturated rings. The Morgan fingerprint density at radius 2 is 1.92 bits per heavy atom. The lowest BCUT2D eigenvalue weighted by atomic mass is 10.1. The van der Waals surface area contributed by atoms with Crippen molar-refractivity contribution in [3.63, 3.8) is 0 Å². The number of carbonyl (C=O) groups is 1. The molecule has 0 atom stereocenters. The number of aromatic carboxylic acids is 1. The number of rotatable bonds is 3. The van der Waals surface area contributed by atoms with Crippen molar-refractivity contribution < 1.29 is 9.90 Å².